The van der Waals surface area contributed by atoms with Crippen LogP contribution in [0.5, 0.6) is 5.75 Å². The maximum atomic E-state index is 8.79. The summed E-state index contributed by atoms with van der Waals surface area (Å²) in [5, 5.41) is 9.33. The fourth-order valence-electron chi connectivity index (χ4n) is 2.55. The first-order valence-electron chi connectivity index (χ1n) is 7.26. The lowest BCUT2D eigenvalue weighted by Crippen LogP contribution is -2.02. The molecule has 0 aliphatic rings. The number of hydrogen-bond acceptors (Lipinski definition) is 4. The average Bonchev–Trinajstić information content (AvgIpc) is 2.92. The summed E-state index contributed by atoms with van der Waals surface area (Å²) in [6, 6.07) is 11.7. The van der Waals surface area contributed by atoms with E-state index in [0.717, 1.165) is 34.7 Å². The lowest BCUT2D eigenvalue weighted by molar-refractivity contribution is 0.416. The van der Waals surface area contributed by atoms with E-state index in [1.807, 2.05) is 28.8 Å². The number of aromatic nitrogens is 3. The highest BCUT2D eigenvalue weighted by molar-refractivity contribution is 6.31. The Balaban J connectivity index is 2.18. The molecule has 2 aromatic heterocycles. The monoisotopic (exact) mass is 326 g/mol. The summed E-state index contributed by atoms with van der Waals surface area (Å²) in [6.45, 7) is 0.659. The van der Waals surface area contributed by atoms with Crippen LogP contribution in [0.2, 0.25) is 5.02 Å². The van der Waals surface area contributed by atoms with Crippen molar-refractivity contribution in [2.45, 2.75) is 19.4 Å². The molecule has 0 bridgehead atoms. The quantitative estimate of drug-likeness (QED) is 0.663. The number of unbranched alkanes of at least 4 members (excludes halogenated alkanes) is 1. The number of ether oxygens (including phenoxy) is 1. The van der Waals surface area contributed by atoms with E-state index in [-0.39, 0.29) is 0 Å². The van der Waals surface area contributed by atoms with E-state index in [9.17, 15) is 0 Å². The highest BCUT2D eigenvalue weighted by Crippen LogP contribution is 2.32. The number of halogens is 1. The molecule has 5 nitrogen and oxygen atoms in total. The Labute approximate surface area is 139 Å². The number of methoxy groups -OCH3 is 1. The molecule has 23 heavy (non-hydrogen) atoms. The number of fused-ring (bicyclic) bond motifs is 1. The number of nitriles is 1. The molecule has 0 amide bonds. The molecule has 1 aromatic carbocycles. The van der Waals surface area contributed by atoms with Gasteiger partial charge in [-0.3, -0.25) is 0 Å². The minimum absolute atomic E-state index is 0.485. The van der Waals surface area contributed by atoms with Crippen LogP contribution in [0.4, 0.5) is 0 Å². The maximum Gasteiger partial charge on any atom is 0.160 e. The lowest BCUT2D eigenvalue weighted by Gasteiger charge is -2.10. The molecule has 0 spiro atoms. The molecule has 0 aliphatic carbocycles. The molecule has 2 heterocycles. The van der Waals surface area contributed by atoms with Crippen molar-refractivity contribution in [3.05, 3.63) is 41.6 Å². The first-order valence-corrected chi connectivity index (χ1v) is 7.64. The van der Waals surface area contributed by atoms with Gasteiger partial charge in [0, 0.05) is 19.2 Å². The Kier molecular flexibility index (Phi) is 4.45. The predicted molar refractivity (Wildman–Crippen MR) is 89.4 cm³/mol. The molecule has 0 fully saturated rings. The van der Waals surface area contributed by atoms with Crippen LogP contribution in [0.25, 0.3) is 22.6 Å². The minimum Gasteiger partial charge on any atom is -0.496 e. The van der Waals surface area contributed by atoms with Crippen molar-refractivity contribution in [1.29, 1.82) is 5.26 Å². The van der Waals surface area contributed by atoms with E-state index in [1.54, 1.807) is 19.4 Å². The third kappa shape index (κ3) is 2.99. The average molecular weight is 327 g/mol. The number of rotatable bonds is 5. The van der Waals surface area contributed by atoms with E-state index in [2.05, 4.69) is 16.0 Å². The van der Waals surface area contributed by atoms with E-state index in [1.165, 1.54) is 0 Å². The van der Waals surface area contributed by atoms with Crippen LogP contribution in [0.15, 0.2) is 36.5 Å². The standard InChI is InChI=1S/C17H15ClN4O/c1-23-15-7-3-2-6-13(15)16-21-14-10-12(18)11-20-17(14)22(16)9-5-4-8-19/h2-3,6-7,10-11H,4-5,9H2,1H3. The zero-order valence-electron chi connectivity index (χ0n) is 12.7. The number of hydrogen-bond donors (Lipinski definition) is 0. The normalized spacial score (nSPS) is 10.7. The van der Waals surface area contributed by atoms with Gasteiger partial charge in [0.2, 0.25) is 0 Å². The van der Waals surface area contributed by atoms with Gasteiger partial charge < -0.3 is 9.30 Å². The second-order valence-corrected chi connectivity index (χ2v) is 5.48. The third-order valence-corrected chi connectivity index (χ3v) is 3.78. The van der Waals surface area contributed by atoms with Gasteiger partial charge >= 0.3 is 0 Å². The van der Waals surface area contributed by atoms with Crippen LogP contribution in [-0.2, 0) is 6.54 Å². The lowest BCUT2D eigenvalue weighted by atomic mass is 10.2. The Morgan fingerprint density at radius 2 is 2.17 bits per heavy atom. The maximum absolute atomic E-state index is 8.79. The van der Waals surface area contributed by atoms with Gasteiger partial charge in [-0.1, -0.05) is 23.7 Å². The van der Waals surface area contributed by atoms with Gasteiger partial charge in [-0.15, -0.1) is 0 Å². The first-order chi connectivity index (χ1) is 11.2. The smallest absolute Gasteiger partial charge is 0.160 e. The molecule has 0 atom stereocenters. The fourth-order valence-corrected chi connectivity index (χ4v) is 2.70. The molecule has 0 saturated carbocycles. The van der Waals surface area contributed by atoms with Gasteiger partial charge in [-0.2, -0.15) is 5.26 Å². The van der Waals surface area contributed by atoms with E-state index >= 15 is 0 Å². The van der Waals surface area contributed by atoms with Gasteiger partial charge in [0.25, 0.3) is 0 Å². The minimum atomic E-state index is 0.485. The molecule has 0 N–H and O–H groups in total. The van der Waals surface area contributed by atoms with Crippen molar-refractivity contribution in [3.63, 3.8) is 0 Å². The topological polar surface area (TPSA) is 63.7 Å². The third-order valence-electron chi connectivity index (χ3n) is 3.57. The van der Waals surface area contributed by atoms with Crippen molar-refractivity contribution in [3.8, 4) is 23.2 Å². The second-order valence-electron chi connectivity index (χ2n) is 5.05. The van der Waals surface area contributed by atoms with E-state index < -0.39 is 0 Å². The number of aryl methyl sites for hydroxylation is 1. The summed E-state index contributed by atoms with van der Waals surface area (Å²) < 4.78 is 7.46. The van der Waals surface area contributed by atoms with Crippen LogP contribution in [0.1, 0.15) is 12.8 Å². The summed E-state index contributed by atoms with van der Waals surface area (Å²) in [6.07, 6.45) is 2.82. The molecule has 0 radical (unpaired) electrons. The highest BCUT2D eigenvalue weighted by atomic mass is 35.5. The molecule has 0 unspecified atom stereocenters. The summed E-state index contributed by atoms with van der Waals surface area (Å²) >= 11 is 6.03. The van der Waals surface area contributed by atoms with Gasteiger partial charge in [-0.25, -0.2) is 9.97 Å². The van der Waals surface area contributed by atoms with Crippen LogP contribution in [0.3, 0.4) is 0 Å². The second kappa shape index (κ2) is 6.67. The van der Waals surface area contributed by atoms with E-state index in [0.29, 0.717) is 18.0 Å². The van der Waals surface area contributed by atoms with Crippen LogP contribution < -0.4 is 4.74 Å². The zero-order chi connectivity index (χ0) is 16.2. The van der Waals surface area contributed by atoms with Crippen LogP contribution >= 0.6 is 11.6 Å². The molecular weight excluding hydrogens is 312 g/mol. The van der Waals surface area contributed by atoms with Gasteiger partial charge in [0.05, 0.1) is 23.8 Å². The van der Waals surface area contributed by atoms with Gasteiger partial charge in [0.1, 0.15) is 17.1 Å². The molecule has 116 valence electrons. The number of para-hydroxylation sites is 1. The van der Waals surface area contributed by atoms with Crippen molar-refractivity contribution >= 4 is 22.8 Å². The summed E-state index contributed by atoms with van der Waals surface area (Å²) in [5.74, 6) is 1.51. The number of pyridine rings is 1. The van der Waals surface area contributed by atoms with Crippen molar-refractivity contribution in [2.75, 3.05) is 7.11 Å². The first kappa shape index (κ1) is 15.3. The molecular formula is C17H15ClN4O. The van der Waals surface area contributed by atoms with Crippen molar-refractivity contribution in [1.82, 2.24) is 14.5 Å². The molecule has 3 rings (SSSR count). The van der Waals surface area contributed by atoms with E-state index in [4.69, 9.17) is 21.6 Å². The van der Waals surface area contributed by atoms with Gasteiger partial charge in [-0.05, 0) is 24.6 Å². The Bertz CT molecular complexity index is 882. The highest BCUT2D eigenvalue weighted by Gasteiger charge is 2.16. The summed E-state index contributed by atoms with van der Waals surface area (Å²) in [4.78, 5) is 9.09. The SMILES string of the molecule is COc1ccccc1-c1nc2cc(Cl)cnc2n1CCCC#N. The molecule has 6 heteroatoms. The Hall–Kier alpha value is -2.58. The number of benzene rings is 1. The zero-order valence-corrected chi connectivity index (χ0v) is 13.4. The predicted octanol–water partition coefficient (Wildman–Crippen LogP) is 4.06. The molecule has 0 aliphatic heterocycles. The largest absolute Gasteiger partial charge is 0.496 e. The van der Waals surface area contributed by atoms with Crippen LogP contribution in [-0.4, -0.2) is 21.6 Å². The Morgan fingerprint density at radius 1 is 1.35 bits per heavy atom. The number of nitrogens with zero attached hydrogens (tertiary/aromatic N) is 4. The molecule has 3 aromatic rings. The summed E-state index contributed by atoms with van der Waals surface area (Å²) in [7, 11) is 1.64. The van der Waals surface area contributed by atoms with Crippen molar-refractivity contribution < 1.29 is 4.74 Å². The summed E-state index contributed by atoms with van der Waals surface area (Å²) in [5.41, 5.74) is 2.38. The van der Waals surface area contributed by atoms with Gasteiger partial charge in [0.15, 0.2) is 5.65 Å². The molecule has 0 saturated heterocycles. The fraction of sp³-hybridized carbons (Fsp3) is 0.235. The van der Waals surface area contributed by atoms with Crippen molar-refractivity contribution in [2.24, 2.45) is 0 Å². The van der Waals surface area contributed by atoms with Crippen LogP contribution in [0, 0.1) is 11.3 Å². The number of imidazole rings is 1. The Morgan fingerprint density at radius 3 is 2.96 bits per heavy atom.